The highest BCUT2D eigenvalue weighted by atomic mass is 35.5. The lowest BCUT2D eigenvalue weighted by molar-refractivity contribution is 0.347. The number of aromatic nitrogens is 3. The molecule has 0 unspecified atom stereocenters. The summed E-state index contributed by atoms with van der Waals surface area (Å²) in [6.45, 7) is 6.83. The van der Waals surface area contributed by atoms with Crippen LogP contribution in [0.1, 0.15) is 26.5 Å². The van der Waals surface area contributed by atoms with E-state index in [0.29, 0.717) is 16.6 Å². The first-order valence-electron chi connectivity index (χ1n) is 5.97. The molecule has 4 nitrogen and oxygen atoms in total. The van der Waals surface area contributed by atoms with Gasteiger partial charge < -0.3 is 5.32 Å². The van der Waals surface area contributed by atoms with Crippen LogP contribution in [0.4, 0.5) is 5.69 Å². The van der Waals surface area contributed by atoms with Crippen LogP contribution in [0.25, 0.3) is 0 Å². The van der Waals surface area contributed by atoms with Crippen molar-refractivity contribution in [3.05, 3.63) is 40.1 Å². The summed E-state index contributed by atoms with van der Waals surface area (Å²) in [5.41, 5.74) is 1.72. The van der Waals surface area contributed by atoms with Crippen LogP contribution in [0.15, 0.2) is 24.4 Å². The van der Waals surface area contributed by atoms with Gasteiger partial charge in [0.25, 0.3) is 0 Å². The normalized spacial score (nSPS) is 11.6. The van der Waals surface area contributed by atoms with E-state index in [-0.39, 0.29) is 5.54 Å². The smallest absolute Gasteiger partial charge is 0.102 e. The molecule has 0 atom stereocenters. The molecule has 1 aromatic carbocycles. The molecule has 2 aromatic rings. The van der Waals surface area contributed by atoms with Crippen molar-refractivity contribution >= 4 is 28.9 Å². The Morgan fingerprint density at radius 3 is 2.53 bits per heavy atom. The number of halogens is 2. The van der Waals surface area contributed by atoms with Gasteiger partial charge in [0, 0.05) is 5.69 Å². The van der Waals surface area contributed by atoms with Gasteiger partial charge in [0.15, 0.2) is 0 Å². The number of anilines is 1. The van der Waals surface area contributed by atoms with E-state index >= 15 is 0 Å². The summed E-state index contributed by atoms with van der Waals surface area (Å²) in [5, 5.41) is 12.6. The molecule has 19 heavy (non-hydrogen) atoms. The lowest BCUT2D eigenvalue weighted by Gasteiger charge is -2.17. The van der Waals surface area contributed by atoms with E-state index in [9.17, 15) is 0 Å². The van der Waals surface area contributed by atoms with Gasteiger partial charge in [0.05, 0.1) is 28.3 Å². The van der Waals surface area contributed by atoms with Crippen LogP contribution >= 0.6 is 23.2 Å². The fourth-order valence-corrected chi connectivity index (χ4v) is 1.80. The maximum Gasteiger partial charge on any atom is 0.102 e. The van der Waals surface area contributed by atoms with Crippen molar-refractivity contribution < 1.29 is 0 Å². The zero-order valence-corrected chi connectivity index (χ0v) is 12.6. The third-order valence-corrected chi connectivity index (χ3v) is 3.36. The third kappa shape index (κ3) is 3.61. The molecule has 0 saturated heterocycles. The number of hydrogen-bond acceptors (Lipinski definition) is 3. The van der Waals surface area contributed by atoms with Gasteiger partial charge in [-0.2, -0.15) is 0 Å². The summed E-state index contributed by atoms with van der Waals surface area (Å²) in [4.78, 5) is 0. The summed E-state index contributed by atoms with van der Waals surface area (Å²) in [7, 11) is 0. The van der Waals surface area contributed by atoms with Crippen molar-refractivity contribution in [2.45, 2.75) is 32.9 Å². The maximum atomic E-state index is 5.96. The first-order valence-corrected chi connectivity index (χ1v) is 6.72. The van der Waals surface area contributed by atoms with E-state index < -0.39 is 0 Å². The first-order chi connectivity index (χ1) is 8.86. The van der Waals surface area contributed by atoms with E-state index in [0.717, 1.165) is 11.4 Å². The molecule has 0 saturated carbocycles. The third-order valence-electron chi connectivity index (χ3n) is 2.62. The molecule has 0 amide bonds. The highest BCUT2D eigenvalue weighted by Gasteiger charge is 2.14. The Morgan fingerprint density at radius 2 is 1.95 bits per heavy atom. The fraction of sp³-hybridized carbons (Fsp3) is 0.385. The second-order valence-electron chi connectivity index (χ2n) is 5.31. The van der Waals surface area contributed by atoms with E-state index in [1.807, 2.05) is 16.9 Å². The van der Waals surface area contributed by atoms with E-state index in [1.165, 1.54) is 0 Å². The molecule has 1 aromatic heterocycles. The largest absolute Gasteiger partial charge is 0.379 e. The van der Waals surface area contributed by atoms with Crippen molar-refractivity contribution in [2.75, 3.05) is 5.32 Å². The molecule has 102 valence electrons. The molecule has 0 fully saturated rings. The Hall–Kier alpha value is -1.26. The lowest BCUT2D eigenvalue weighted by atomic mass is 10.1. The molecular weight excluding hydrogens is 283 g/mol. The van der Waals surface area contributed by atoms with Gasteiger partial charge in [-0.1, -0.05) is 28.4 Å². The molecule has 0 spiro atoms. The summed E-state index contributed by atoms with van der Waals surface area (Å²) in [6.07, 6.45) is 1.94. The molecule has 0 radical (unpaired) electrons. The van der Waals surface area contributed by atoms with Crippen LogP contribution in [-0.4, -0.2) is 15.0 Å². The van der Waals surface area contributed by atoms with Gasteiger partial charge >= 0.3 is 0 Å². The van der Waals surface area contributed by atoms with Gasteiger partial charge in [-0.3, -0.25) is 0 Å². The van der Waals surface area contributed by atoms with Gasteiger partial charge in [0.1, 0.15) is 5.69 Å². The van der Waals surface area contributed by atoms with Crippen LogP contribution in [-0.2, 0) is 12.1 Å². The molecule has 0 aliphatic rings. The number of nitrogens with one attached hydrogen (secondary N) is 1. The average Bonchev–Trinajstić information content (AvgIpc) is 2.79. The summed E-state index contributed by atoms with van der Waals surface area (Å²) in [5.74, 6) is 0. The SMILES string of the molecule is CC(C)(C)n1cc(CNc2ccc(Cl)c(Cl)c2)nn1. The minimum absolute atomic E-state index is 0.0607. The highest BCUT2D eigenvalue weighted by molar-refractivity contribution is 6.42. The maximum absolute atomic E-state index is 5.96. The molecule has 6 heteroatoms. The Labute approximate surface area is 122 Å². The zero-order valence-electron chi connectivity index (χ0n) is 11.1. The lowest BCUT2D eigenvalue weighted by Crippen LogP contribution is -2.22. The van der Waals surface area contributed by atoms with E-state index in [1.54, 1.807) is 12.1 Å². The van der Waals surface area contributed by atoms with E-state index in [2.05, 4.69) is 36.4 Å². The van der Waals surface area contributed by atoms with Gasteiger partial charge in [0.2, 0.25) is 0 Å². The zero-order chi connectivity index (χ0) is 14.0. The van der Waals surface area contributed by atoms with Crippen molar-refractivity contribution in [1.82, 2.24) is 15.0 Å². The standard InChI is InChI=1S/C13H16Cl2N4/c1-13(2,3)19-8-10(17-18-19)7-16-9-4-5-11(14)12(15)6-9/h4-6,8,16H,7H2,1-3H3. The minimum atomic E-state index is -0.0607. The number of rotatable bonds is 3. The predicted molar refractivity (Wildman–Crippen MR) is 78.8 cm³/mol. The number of nitrogens with zero attached hydrogens (tertiary/aromatic N) is 3. The Morgan fingerprint density at radius 1 is 1.21 bits per heavy atom. The van der Waals surface area contributed by atoms with Gasteiger partial charge in [-0.15, -0.1) is 5.10 Å². The monoisotopic (exact) mass is 298 g/mol. The molecule has 1 heterocycles. The van der Waals surface area contributed by atoms with Crippen molar-refractivity contribution in [3.63, 3.8) is 0 Å². The summed E-state index contributed by atoms with van der Waals surface area (Å²) < 4.78 is 1.85. The minimum Gasteiger partial charge on any atom is -0.379 e. The molecule has 1 N–H and O–H groups in total. The fourth-order valence-electron chi connectivity index (χ4n) is 1.51. The first kappa shape index (κ1) is 14.2. The molecule has 0 bridgehead atoms. The molecule has 2 rings (SSSR count). The van der Waals surface area contributed by atoms with Gasteiger partial charge in [-0.25, -0.2) is 4.68 Å². The Bertz CT molecular complexity index is 572. The Kier molecular flexibility index (Phi) is 4.02. The molecule has 0 aliphatic carbocycles. The van der Waals surface area contributed by atoms with Crippen molar-refractivity contribution in [1.29, 1.82) is 0 Å². The van der Waals surface area contributed by atoms with Crippen LogP contribution in [0, 0.1) is 0 Å². The van der Waals surface area contributed by atoms with Crippen LogP contribution in [0.5, 0.6) is 0 Å². The summed E-state index contributed by atoms with van der Waals surface area (Å²) >= 11 is 11.8. The van der Waals surface area contributed by atoms with Crippen molar-refractivity contribution in [2.24, 2.45) is 0 Å². The molecular formula is C13H16Cl2N4. The quantitative estimate of drug-likeness (QED) is 0.933. The van der Waals surface area contributed by atoms with Crippen molar-refractivity contribution in [3.8, 4) is 0 Å². The summed E-state index contributed by atoms with van der Waals surface area (Å²) in [6, 6.07) is 5.43. The topological polar surface area (TPSA) is 42.7 Å². The number of hydrogen-bond donors (Lipinski definition) is 1. The van der Waals surface area contributed by atoms with Gasteiger partial charge in [-0.05, 0) is 39.0 Å². The van der Waals surface area contributed by atoms with Crippen LogP contribution < -0.4 is 5.32 Å². The second kappa shape index (κ2) is 5.39. The van der Waals surface area contributed by atoms with Crippen LogP contribution in [0.2, 0.25) is 10.0 Å². The Balaban J connectivity index is 2.02. The van der Waals surface area contributed by atoms with Crippen LogP contribution in [0.3, 0.4) is 0 Å². The number of benzene rings is 1. The second-order valence-corrected chi connectivity index (χ2v) is 6.12. The highest BCUT2D eigenvalue weighted by Crippen LogP contribution is 2.25. The van der Waals surface area contributed by atoms with E-state index in [4.69, 9.17) is 23.2 Å². The molecule has 0 aliphatic heterocycles. The average molecular weight is 299 g/mol. The predicted octanol–water partition coefficient (Wildman–Crippen LogP) is 3.95.